The lowest BCUT2D eigenvalue weighted by Gasteiger charge is -2.19. The summed E-state index contributed by atoms with van der Waals surface area (Å²) in [5, 5.41) is 23.9. The Bertz CT molecular complexity index is 1110. The van der Waals surface area contributed by atoms with Gasteiger partial charge in [-0.3, -0.25) is 19.4 Å². The highest BCUT2D eigenvalue weighted by Gasteiger charge is 2.24. The number of hydrogen-bond donors (Lipinski definition) is 4. The number of carbonyl (C=O) groups excluding carboxylic acids is 2. The van der Waals surface area contributed by atoms with E-state index in [4.69, 9.17) is 5.11 Å². The highest BCUT2D eigenvalue weighted by molar-refractivity contribution is 7.18. The summed E-state index contributed by atoms with van der Waals surface area (Å²) in [7, 11) is 1.59. The molecule has 0 radical (unpaired) electrons. The fourth-order valence-corrected chi connectivity index (χ4v) is 3.96. The maximum absolute atomic E-state index is 12.9. The molecule has 0 aliphatic carbocycles. The zero-order chi connectivity index (χ0) is 23.4. The Morgan fingerprint density at radius 3 is 2.66 bits per heavy atom. The number of carbonyl (C=O) groups is 4. The number of hydrogen-bond acceptors (Lipinski definition) is 7. The third-order valence-electron chi connectivity index (χ3n) is 4.86. The highest BCUT2D eigenvalue weighted by atomic mass is 32.1. The van der Waals surface area contributed by atoms with Crippen molar-refractivity contribution >= 4 is 51.6 Å². The number of benzene rings is 1. The van der Waals surface area contributed by atoms with Crippen LogP contribution >= 0.6 is 11.3 Å². The van der Waals surface area contributed by atoms with Crippen LogP contribution < -0.4 is 15.5 Å². The zero-order valence-corrected chi connectivity index (χ0v) is 18.2. The molecule has 1 aliphatic rings. The van der Waals surface area contributed by atoms with Crippen molar-refractivity contribution < 1.29 is 29.4 Å². The number of aliphatic imine (C=N–C) groups is 1. The number of fused-ring (bicyclic) bond motifs is 1. The van der Waals surface area contributed by atoms with Gasteiger partial charge < -0.3 is 25.7 Å². The second kappa shape index (κ2) is 9.60. The first kappa shape index (κ1) is 22.9. The van der Waals surface area contributed by atoms with E-state index in [9.17, 15) is 24.3 Å². The van der Waals surface area contributed by atoms with Crippen LogP contribution in [0.3, 0.4) is 0 Å². The molecule has 2 aromatic rings. The van der Waals surface area contributed by atoms with E-state index in [1.807, 2.05) is 13.0 Å². The standard InChI is InChI=1S/C21H22N4O6S/c1-11-22-10-13-9-12(3-4-14(13)23-11)20(29)25(2)17-7-6-16(32-17)19(28)24-15(21(30)31)5-8-18(26)27/h3-4,6-7,9,15H,5,8,10H2,1-2H3,(H,22,23)(H,24,28)(H,26,27)(H,30,31)/t15-/m0/s1. The summed E-state index contributed by atoms with van der Waals surface area (Å²) in [4.78, 5) is 53.3. The maximum Gasteiger partial charge on any atom is 0.326 e. The second-order valence-corrected chi connectivity index (χ2v) is 8.26. The van der Waals surface area contributed by atoms with Crippen LogP contribution in [0.1, 0.15) is 45.4 Å². The van der Waals surface area contributed by atoms with Crippen molar-refractivity contribution in [2.75, 3.05) is 17.3 Å². The first-order chi connectivity index (χ1) is 15.2. The lowest BCUT2D eigenvalue weighted by atomic mass is 10.1. The van der Waals surface area contributed by atoms with Gasteiger partial charge in [-0.1, -0.05) is 0 Å². The lowest BCUT2D eigenvalue weighted by molar-refractivity contribution is -0.140. The fraction of sp³-hybridized carbons (Fsp3) is 0.286. The SMILES string of the molecule is CC1=NCc2cc(C(=O)N(C)c3ccc(C(=O)N[C@@H](CCC(=O)O)C(=O)O)s3)ccc2N1. The summed E-state index contributed by atoms with van der Waals surface area (Å²) in [5.74, 6) is -2.56. The smallest absolute Gasteiger partial charge is 0.326 e. The van der Waals surface area contributed by atoms with Crippen LogP contribution in [0.15, 0.2) is 35.3 Å². The molecule has 2 heterocycles. The number of aliphatic carboxylic acids is 2. The molecule has 2 amide bonds. The number of carboxylic acids is 2. The molecule has 0 saturated carbocycles. The lowest BCUT2D eigenvalue weighted by Crippen LogP contribution is -2.40. The van der Waals surface area contributed by atoms with Gasteiger partial charge in [-0.25, -0.2) is 4.79 Å². The predicted molar refractivity (Wildman–Crippen MR) is 120 cm³/mol. The topological polar surface area (TPSA) is 148 Å². The molecule has 1 aliphatic heterocycles. The average molecular weight is 458 g/mol. The van der Waals surface area contributed by atoms with E-state index in [-0.39, 0.29) is 23.6 Å². The number of nitrogens with zero attached hydrogens (tertiary/aromatic N) is 2. The monoisotopic (exact) mass is 458 g/mol. The van der Waals surface area contributed by atoms with E-state index in [1.54, 1.807) is 25.2 Å². The molecule has 32 heavy (non-hydrogen) atoms. The van der Waals surface area contributed by atoms with E-state index in [0.29, 0.717) is 17.1 Å². The summed E-state index contributed by atoms with van der Waals surface area (Å²) in [6.45, 7) is 2.35. The molecule has 1 aromatic carbocycles. The molecule has 0 fully saturated rings. The summed E-state index contributed by atoms with van der Waals surface area (Å²) in [6, 6.07) is 7.08. The Morgan fingerprint density at radius 1 is 1.22 bits per heavy atom. The molecule has 168 valence electrons. The van der Waals surface area contributed by atoms with E-state index in [2.05, 4.69) is 15.6 Å². The number of carboxylic acid groups (broad SMARTS) is 2. The molecule has 1 aromatic heterocycles. The second-order valence-electron chi connectivity index (χ2n) is 7.20. The van der Waals surface area contributed by atoms with Gasteiger partial charge in [0.2, 0.25) is 0 Å². The first-order valence-corrected chi connectivity index (χ1v) is 10.5. The Hall–Kier alpha value is -3.73. The minimum atomic E-state index is -1.32. The van der Waals surface area contributed by atoms with Gasteiger partial charge >= 0.3 is 11.9 Å². The van der Waals surface area contributed by atoms with Gasteiger partial charge in [0.25, 0.3) is 11.8 Å². The first-order valence-electron chi connectivity index (χ1n) is 9.70. The van der Waals surface area contributed by atoms with Crippen molar-refractivity contribution in [1.29, 1.82) is 0 Å². The Balaban J connectivity index is 1.69. The largest absolute Gasteiger partial charge is 0.481 e. The van der Waals surface area contributed by atoms with Crippen molar-refractivity contribution in [2.45, 2.75) is 32.4 Å². The summed E-state index contributed by atoms with van der Waals surface area (Å²) < 4.78 is 0. The Labute approximate surface area is 187 Å². The van der Waals surface area contributed by atoms with Gasteiger partial charge in [0, 0.05) is 24.7 Å². The molecular weight excluding hydrogens is 436 g/mol. The molecule has 0 bridgehead atoms. The van der Waals surface area contributed by atoms with E-state index >= 15 is 0 Å². The molecule has 3 rings (SSSR count). The molecule has 4 N–H and O–H groups in total. The van der Waals surface area contributed by atoms with Crippen LogP contribution in [0, 0.1) is 0 Å². The molecule has 10 nitrogen and oxygen atoms in total. The van der Waals surface area contributed by atoms with Crippen molar-refractivity contribution in [2.24, 2.45) is 4.99 Å². The van der Waals surface area contributed by atoms with Crippen LogP contribution in [0.2, 0.25) is 0 Å². The zero-order valence-electron chi connectivity index (χ0n) is 17.4. The Kier molecular flexibility index (Phi) is 6.89. The van der Waals surface area contributed by atoms with Gasteiger partial charge in [-0.2, -0.15) is 0 Å². The van der Waals surface area contributed by atoms with Gasteiger partial charge in [-0.05, 0) is 49.2 Å². The van der Waals surface area contributed by atoms with E-state index < -0.39 is 23.9 Å². The summed E-state index contributed by atoms with van der Waals surface area (Å²) >= 11 is 1.03. The van der Waals surface area contributed by atoms with E-state index in [0.717, 1.165) is 28.4 Å². The third kappa shape index (κ3) is 5.30. The average Bonchev–Trinajstić information content (AvgIpc) is 3.25. The summed E-state index contributed by atoms with van der Waals surface area (Å²) in [5.41, 5.74) is 2.28. The van der Waals surface area contributed by atoms with Gasteiger partial charge in [0.05, 0.1) is 22.3 Å². The molecule has 0 unspecified atom stereocenters. The van der Waals surface area contributed by atoms with Crippen LogP contribution in [0.25, 0.3) is 0 Å². The molecule has 11 heteroatoms. The van der Waals surface area contributed by atoms with E-state index in [1.165, 1.54) is 11.0 Å². The minimum Gasteiger partial charge on any atom is -0.481 e. The summed E-state index contributed by atoms with van der Waals surface area (Å²) in [6.07, 6.45) is -0.616. The van der Waals surface area contributed by atoms with Crippen LogP contribution in [-0.4, -0.2) is 52.9 Å². The number of amidine groups is 1. The predicted octanol–water partition coefficient (Wildman–Crippen LogP) is 2.42. The number of rotatable bonds is 8. The molecule has 1 atom stereocenters. The maximum atomic E-state index is 12.9. The third-order valence-corrected chi connectivity index (χ3v) is 6.02. The van der Waals surface area contributed by atoms with Crippen molar-refractivity contribution in [3.63, 3.8) is 0 Å². The molecule has 0 saturated heterocycles. The Morgan fingerprint density at radius 2 is 1.97 bits per heavy atom. The van der Waals surface area contributed by atoms with Gasteiger partial charge in [-0.15, -0.1) is 11.3 Å². The van der Waals surface area contributed by atoms with Crippen molar-refractivity contribution in [1.82, 2.24) is 5.32 Å². The van der Waals surface area contributed by atoms with Gasteiger partial charge in [0.1, 0.15) is 6.04 Å². The molecule has 0 spiro atoms. The van der Waals surface area contributed by atoms with Crippen LogP contribution in [-0.2, 0) is 16.1 Å². The molecular formula is C21H22N4O6S. The number of anilines is 2. The van der Waals surface area contributed by atoms with Crippen molar-refractivity contribution in [3.05, 3.63) is 46.3 Å². The van der Waals surface area contributed by atoms with Gasteiger partial charge in [0.15, 0.2) is 0 Å². The minimum absolute atomic E-state index is 0.209. The van der Waals surface area contributed by atoms with Crippen molar-refractivity contribution in [3.8, 4) is 0 Å². The fourth-order valence-electron chi connectivity index (χ4n) is 3.10. The number of thiophene rings is 1. The number of nitrogens with one attached hydrogen (secondary N) is 2. The normalized spacial score (nSPS) is 13.2. The number of amides is 2. The van der Waals surface area contributed by atoms with Crippen LogP contribution in [0.5, 0.6) is 0 Å². The quantitative estimate of drug-likeness (QED) is 0.475. The highest BCUT2D eigenvalue weighted by Crippen LogP contribution is 2.28. The van der Waals surface area contributed by atoms with Crippen LogP contribution in [0.4, 0.5) is 10.7 Å².